The van der Waals surface area contributed by atoms with E-state index in [1.165, 1.54) is 32.6 Å². The van der Waals surface area contributed by atoms with Crippen LogP contribution >= 0.6 is 0 Å². The molecule has 0 aliphatic heterocycles. The van der Waals surface area contributed by atoms with Crippen LogP contribution in [0.4, 0.5) is 0 Å². The molecule has 0 atom stereocenters. The summed E-state index contributed by atoms with van der Waals surface area (Å²) in [4.78, 5) is 36.0. The number of benzene rings is 1. The zero-order valence-electron chi connectivity index (χ0n) is 19.6. The Morgan fingerprint density at radius 2 is 1.61 bits per heavy atom. The standard InChI is InChI=1S/C27H34O5Se/c1-20(26(29)31-2)10-7-11-21(22-18-19-22)12-8-13-23(27(30)32-3)14-9-17-25(28)33-24-15-5-4-6-16-24/h4-6,11,13,15-16,22H,1,7-10,12,14,17-19H2,2-3H3. The molecule has 0 amide bonds. The van der Waals surface area contributed by atoms with Crippen LogP contribution in [0.3, 0.4) is 0 Å². The summed E-state index contributed by atoms with van der Waals surface area (Å²) in [6, 6.07) is 9.80. The Bertz CT molecular complexity index is 881. The second-order valence-corrected chi connectivity index (χ2v) is 10.5. The SMILES string of the molecule is C=C(CCC=C(CCC=C(CCCC(=O)[Se]c1ccccc1)C(=O)OC)C1CC1)C(=O)OC. The van der Waals surface area contributed by atoms with Crippen molar-refractivity contribution in [3.8, 4) is 0 Å². The summed E-state index contributed by atoms with van der Waals surface area (Å²) in [7, 11) is 2.76. The van der Waals surface area contributed by atoms with Crippen LogP contribution in [0.25, 0.3) is 0 Å². The van der Waals surface area contributed by atoms with Crippen LogP contribution in [0.15, 0.2) is 65.8 Å². The van der Waals surface area contributed by atoms with E-state index in [0.29, 0.717) is 42.7 Å². The van der Waals surface area contributed by atoms with Crippen LogP contribution in [0.2, 0.25) is 0 Å². The Morgan fingerprint density at radius 1 is 0.939 bits per heavy atom. The van der Waals surface area contributed by atoms with Gasteiger partial charge in [-0.05, 0) is 0 Å². The number of carbonyl (C=O) groups is 3. The van der Waals surface area contributed by atoms with Gasteiger partial charge >= 0.3 is 175 Å². The predicted molar refractivity (Wildman–Crippen MR) is 131 cm³/mol. The number of allylic oxidation sites excluding steroid dienone is 3. The van der Waals surface area contributed by atoms with Crippen molar-refractivity contribution in [3.63, 3.8) is 0 Å². The number of hydrogen-bond donors (Lipinski definition) is 0. The molecule has 0 N–H and O–H groups in total. The van der Waals surface area contributed by atoms with E-state index in [0.717, 1.165) is 23.7 Å². The van der Waals surface area contributed by atoms with Crippen molar-refractivity contribution in [1.29, 1.82) is 0 Å². The van der Waals surface area contributed by atoms with Gasteiger partial charge in [0.15, 0.2) is 0 Å². The van der Waals surface area contributed by atoms with Gasteiger partial charge in [0.05, 0.1) is 7.11 Å². The summed E-state index contributed by atoms with van der Waals surface area (Å²) >= 11 is -0.181. The van der Waals surface area contributed by atoms with E-state index in [1.807, 2.05) is 36.4 Å². The average Bonchev–Trinajstić information content (AvgIpc) is 3.66. The predicted octanol–water partition coefficient (Wildman–Crippen LogP) is 4.44. The van der Waals surface area contributed by atoms with Crippen LogP contribution in [0, 0.1) is 5.92 Å². The van der Waals surface area contributed by atoms with E-state index in [-0.39, 0.29) is 31.6 Å². The summed E-state index contributed by atoms with van der Waals surface area (Å²) < 4.78 is 11.0. The van der Waals surface area contributed by atoms with E-state index in [4.69, 9.17) is 9.47 Å². The molecule has 1 aromatic rings. The van der Waals surface area contributed by atoms with Crippen molar-refractivity contribution < 1.29 is 23.9 Å². The minimum atomic E-state index is -0.356. The number of carbonyl (C=O) groups excluding carboxylic acids is 3. The molecule has 0 heterocycles. The third-order valence-corrected chi connectivity index (χ3v) is 7.47. The molecule has 0 aromatic heterocycles. The zero-order valence-corrected chi connectivity index (χ0v) is 21.4. The van der Waals surface area contributed by atoms with Crippen molar-refractivity contribution in [2.24, 2.45) is 5.92 Å². The monoisotopic (exact) mass is 518 g/mol. The van der Waals surface area contributed by atoms with Gasteiger partial charge in [0.2, 0.25) is 0 Å². The third kappa shape index (κ3) is 10.4. The molecule has 5 nitrogen and oxygen atoms in total. The fourth-order valence-electron chi connectivity index (χ4n) is 3.53. The maximum atomic E-state index is 12.3. The summed E-state index contributed by atoms with van der Waals surface area (Å²) in [6.45, 7) is 3.77. The number of ether oxygens (including phenoxy) is 2. The van der Waals surface area contributed by atoms with Crippen LogP contribution in [0.5, 0.6) is 0 Å². The molecular weight excluding hydrogens is 483 g/mol. The van der Waals surface area contributed by atoms with Gasteiger partial charge in [-0.1, -0.05) is 6.58 Å². The molecule has 1 saturated carbocycles. The molecule has 0 saturated heterocycles. The maximum absolute atomic E-state index is 12.3. The van der Waals surface area contributed by atoms with E-state index >= 15 is 0 Å². The zero-order chi connectivity index (χ0) is 24.1. The molecule has 2 rings (SSSR count). The van der Waals surface area contributed by atoms with Gasteiger partial charge < -0.3 is 4.74 Å². The summed E-state index contributed by atoms with van der Waals surface area (Å²) in [5.41, 5.74) is 2.51. The van der Waals surface area contributed by atoms with Crippen LogP contribution in [-0.4, -0.2) is 45.8 Å². The Balaban J connectivity index is 1.83. The first-order valence-corrected chi connectivity index (χ1v) is 13.1. The van der Waals surface area contributed by atoms with Gasteiger partial charge in [0.25, 0.3) is 0 Å². The van der Waals surface area contributed by atoms with Crippen molar-refractivity contribution in [2.45, 2.75) is 57.8 Å². The first kappa shape index (κ1) is 26.8. The summed E-state index contributed by atoms with van der Waals surface area (Å²) in [5.74, 6) is -0.0583. The fraction of sp³-hybridized carbons (Fsp3) is 0.444. The Morgan fingerprint density at radius 3 is 2.24 bits per heavy atom. The fourth-order valence-corrected chi connectivity index (χ4v) is 5.21. The first-order valence-electron chi connectivity index (χ1n) is 11.4. The molecule has 0 spiro atoms. The largest absolute Gasteiger partial charge is 0.466 e. The summed E-state index contributed by atoms with van der Waals surface area (Å²) in [6.07, 6.45) is 11.2. The minimum Gasteiger partial charge on any atom is -0.466 e. The van der Waals surface area contributed by atoms with Crippen LogP contribution < -0.4 is 4.46 Å². The van der Waals surface area contributed by atoms with Gasteiger partial charge in [0.1, 0.15) is 0 Å². The molecule has 6 heteroatoms. The number of methoxy groups -OCH3 is 2. The van der Waals surface area contributed by atoms with E-state index in [2.05, 4.69) is 12.7 Å². The van der Waals surface area contributed by atoms with Gasteiger partial charge in [-0.3, -0.25) is 0 Å². The van der Waals surface area contributed by atoms with Gasteiger partial charge in [0, 0.05) is 5.57 Å². The van der Waals surface area contributed by atoms with Gasteiger partial charge in [-0.25, -0.2) is 4.79 Å². The number of rotatable bonds is 15. The van der Waals surface area contributed by atoms with Crippen molar-refractivity contribution in [1.82, 2.24) is 0 Å². The van der Waals surface area contributed by atoms with E-state index < -0.39 is 0 Å². The molecule has 1 aliphatic rings. The van der Waals surface area contributed by atoms with Crippen LogP contribution in [0.1, 0.15) is 57.8 Å². The topological polar surface area (TPSA) is 69.7 Å². The molecule has 1 fully saturated rings. The molecule has 0 radical (unpaired) electrons. The number of hydrogen-bond acceptors (Lipinski definition) is 5. The molecule has 33 heavy (non-hydrogen) atoms. The van der Waals surface area contributed by atoms with Crippen molar-refractivity contribution in [2.75, 3.05) is 14.2 Å². The van der Waals surface area contributed by atoms with E-state index in [9.17, 15) is 14.4 Å². The molecule has 0 bridgehead atoms. The van der Waals surface area contributed by atoms with Crippen LogP contribution in [-0.2, 0) is 23.9 Å². The van der Waals surface area contributed by atoms with Gasteiger partial charge in [-0.15, -0.1) is 0 Å². The molecule has 0 unspecified atom stereocenters. The Labute approximate surface area is 203 Å². The Hall–Kier alpha value is -2.43. The molecule has 178 valence electrons. The maximum Gasteiger partial charge on any atom is 0.333 e. The minimum absolute atomic E-state index is 0.181. The number of esters is 2. The average molecular weight is 518 g/mol. The molecule has 1 aromatic carbocycles. The third-order valence-electron chi connectivity index (χ3n) is 5.50. The van der Waals surface area contributed by atoms with Crippen molar-refractivity contribution >= 4 is 36.0 Å². The van der Waals surface area contributed by atoms with E-state index in [1.54, 1.807) is 0 Å². The van der Waals surface area contributed by atoms with Gasteiger partial charge in [-0.2, -0.15) is 0 Å². The molecular formula is C27H34O5Se. The molecule has 1 aliphatic carbocycles. The quantitative estimate of drug-likeness (QED) is 0.149. The normalized spacial score (nSPS) is 14.0. The first-order chi connectivity index (χ1) is 15.9. The summed E-state index contributed by atoms with van der Waals surface area (Å²) in [5, 5.41) is 0. The van der Waals surface area contributed by atoms with Crippen molar-refractivity contribution in [3.05, 3.63) is 65.8 Å². The smallest absolute Gasteiger partial charge is 0.333 e. The second-order valence-electron chi connectivity index (χ2n) is 8.09. The Kier molecular flexibility index (Phi) is 11.9. The second kappa shape index (κ2) is 14.7.